The Hall–Kier alpha value is -1.35. The van der Waals surface area contributed by atoms with Gasteiger partial charge in [-0.2, -0.15) is 0 Å². The van der Waals surface area contributed by atoms with Crippen molar-refractivity contribution < 1.29 is 4.74 Å². The van der Waals surface area contributed by atoms with Crippen LogP contribution in [0.2, 0.25) is 0 Å². The van der Waals surface area contributed by atoms with Crippen LogP contribution in [0, 0.1) is 5.92 Å². The molecule has 0 saturated carbocycles. The Balaban J connectivity index is 0.00000312. The Labute approximate surface area is 159 Å². The number of ether oxygens (including phenoxy) is 1. The average Bonchev–Trinajstić information content (AvgIpc) is 2.59. The highest BCUT2D eigenvalue weighted by Crippen LogP contribution is 2.38. The van der Waals surface area contributed by atoms with E-state index in [9.17, 15) is 0 Å². The Kier molecular flexibility index (Phi) is 9.20. The first kappa shape index (κ1) is 21.7. The molecule has 0 amide bonds. The van der Waals surface area contributed by atoms with Crippen molar-refractivity contribution in [2.45, 2.75) is 32.3 Å². The van der Waals surface area contributed by atoms with Gasteiger partial charge in [0, 0.05) is 25.5 Å². The summed E-state index contributed by atoms with van der Waals surface area (Å²) in [4.78, 5) is 2.25. The van der Waals surface area contributed by atoms with Crippen molar-refractivity contribution >= 4 is 12.4 Å². The first-order chi connectivity index (χ1) is 11.6. The molecule has 0 saturated heterocycles. The van der Waals surface area contributed by atoms with Crippen molar-refractivity contribution in [2.24, 2.45) is 5.92 Å². The van der Waals surface area contributed by atoms with Crippen LogP contribution in [0.15, 0.2) is 60.7 Å². The first-order valence-corrected chi connectivity index (χ1v) is 8.96. The summed E-state index contributed by atoms with van der Waals surface area (Å²) in [6, 6.07) is 21.4. The van der Waals surface area contributed by atoms with Crippen LogP contribution in [0.5, 0.6) is 0 Å². The van der Waals surface area contributed by atoms with Gasteiger partial charge in [0.2, 0.25) is 0 Å². The Morgan fingerprint density at radius 3 is 2.04 bits per heavy atom. The molecule has 2 atom stereocenters. The predicted octanol–water partition coefficient (Wildman–Crippen LogP) is 5.17. The molecular formula is C22H32ClNO. The number of rotatable bonds is 9. The zero-order chi connectivity index (χ0) is 17.4. The van der Waals surface area contributed by atoms with Crippen LogP contribution in [0.1, 0.15) is 31.4 Å². The third-order valence-electron chi connectivity index (χ3n) is 4.57. The first-order valence-electron chi connectivity index (χ1n) is 8.96. The minimum atomic E-state index is -0.303. The van der Waals surface area contributed by atoms with Crippen LogP contribution in [-0.2, 0) is 16.8 Å². The van der Waals surface area contributed by atoms with Crippen molar-refractivity contribution in [3.63, 3.8) is 0 Å². The third-order valence-corrected chi connectivity index (χ3v) is 4.57. The Bertz CT molecular complexity index is 587. The summed E-state index contributed by atoms with van der Waals surface area (Å²) in [6.07, 6.45) is 1.92. The molecule has 25 heavy (non-hydrogen) atoms. The van der Waals surface area contributed by atoms with Gasteiger partial charge < -0.3 is 9.64 Å². The largest absolute Gasteiger partial charge is 0.370 e. The van der Waals surface area contributed by atoms with Gasteiger partial charge in [-0.05, 0) is 31.6 Å². The normalized spacial score (nSPS) is 14.6. The van der Waals surface area contributed by atoms with Gasteiger partial charge in [-0.25, -0.2) is 0 Å². The fraction of sp³-hybridized carbons (Fsp3) is 0.455. The van der Waals surface area contributed by atoms with Gasteiger partial charge >= 0.3 is 0 Å². The Morgan fingerprint density at radius 2 is 1.52 bits per heavy atom. The van der Waals surface area contributed by atoms with E-state index in [-0.39, 0.29) is 18.0 Å². The highest BCUT2D eigenvalue weighted by molar-refractivity contribution is 5.85. The van der Waals surface area contributed by atoms with Gasteiger partial charge in [0.1, 0.15) is 5.60 Å². The SMILES string of the molecule is CCCOC(Cc1ccccc1)(c1ccccc1)C(C)CN(C)C.Cl. The molecule has 2 rings (SSSR count). The molecule has 2 aromatic rings. The zero-order valence-electron chi connectivity index (χ0n) is 15.9. The molecule has 0 aliphatic heterocycles. The van der Waals surface area contributed by atoms with Crippen LogP contribution in [0.25, 0.3) is 0 Å². The van der Waals surface area contributed by atoms with Gasteiger partial charge in [-0.1, -0.05) is 74.5 Å². The van der Waals surface area contributed by atoms with Crippen molar-refractivity contribution in [3.8, 4) is 0 Å². The molecule has 138 valence electrons. The minimum absolute atomic E-state index is 0. The van der Waals surface area contributed by atoms with Gasteiger partial charge in [0.05, 0.1) is 0 Å². The lowest BCUT2D eigenvalue weighted by atomic mass is 9.77. The highest BCUT2D eigenvalue weighted by atomic mass is 35.5. The lowest BCUT2D eigenvalue weighted by Crippen LogP contribution is -2.43. The molecule has 0 spiro atoms. The molecular weight excluding hydrogens is 330 g/mol. The molecule has 0 N–H and O–H groups in total. The second-order valence-electron chi connectivity index (χ2n) is 6.93. The Morgan fingerprint density at radius 1 is 0.960 bits per heavy atom. The topological polar surface area (TPSA) is 12.5 Å². The maximum atomic E-state index is 6.60. The van der Waals surface area contributed by atoms with Crippen molar-refractivity contribution in [1.29, 1.82) is 0 Å². The second kappa shape index (κ2) is 10.6. The van der Waals surface area contributed by atoms with Crippen LogP contribution >= 0.6 is 12.4 Å². The average molecular weight is 362 g/mol. The van der Waals surface area contributed by atoms with E-state index in [1.54, 1.807) is 0 Å². The highest BCUT2D eigenvalue weighted by Gasteiger charge is 2.39. The zero-order valence-corrected chi connectivity index (χ0v) is 16.8. The van der Waals surface area contributed by atoms with E-state index in [2.05, 4.69) is 93.5 Å². The van der Waals surface area contributed by atoms with Crippen molar-refractivity contribution in [1.82, 2.24) is 4.90 Å². The van der Waals surface area contributed by atoms with Crippen molar-refractivity contribution in [3.05, 3.63) is 71.8 Å². The minimum Gasteiger partial charge on any atom is -0.370 e. The maximum absolute atomic E-state index is 6.60. The van der Waals surface area contributed by atoms with Gasteiger partial charge in [0.15, 0.2) is 0 Å². The fourth-order valence-electron chi connectivity index (χ4n) is 3.44. The van der Waals surface area contributed by atoms with Gasteiger partial charge in [-0.15, -0.1) is 12.4 Å². The van der Waals surface area contributed by atoms with E-state index < -0.39 is 0 Å². The van der Waals surface area contributed by atoms with E-state index in [4.69, 9.17) is 4.74 Å². The summed E-state index contributed by atoms with van der Waals surface area (Å²) < 4.78 is 6.60. The fourth-order valence-corrected chi connectivity index (χ4v) is 3.44. The number of nitrogens with zero attached hydrogens (tertiary/aromatic N) is 1. The van der Waals surface area contributed by atoms with E-state index in [0.29, 0.717) is 5.92 Å². The molecule has 2 nitrogen and oxygen atoms in total. The summed E-state index contributed by atoms with van der Waals surface area (Å²) in [5.74, 6) is 0.377. The molecule has 0 radical (unpaired) electrons. The summed E-state index contributed by atoms with van der Waals surface area (Å²) in [7, 11) is 4.27. The van der Waals surface area contributed by atoms with E-state index in [1.165, 1.54) is 11.1 Å². The smallest absolute Gasteiger partial charge is 0.101 e. The molecule has 3 heteroatoms. The van der Waals surface area contributed by atoms with Crippen LogP contribution in [0.3, 0.4) is 0 Å². The molecule has 0 aliphatic carbocycles. The van der Waals surface area contributed by atoms with Crippen molar-refractivity contribution in [2.75, 3.05) is 27.2 Å². The van der Waals surface area contributed by atoms with E-state index >= 15 is 0 Å². The maximum Gasteiger partial charge on any atom is 0.101 e. The monoisotopic (exact) mass is 361 g/mol. The molecule has 2 aromatic carbocycles. The summed E-state index contributed by atoms with van der Waals surface area (Å²) in [5.41, 5.74) is 2.29. The lowest BCUT2D eigenvalue weighted by molar-refractivity contribution is -0.0937. The van der Waals surface area contributed by atoms with Crippen LogP contribution in [-0.4, -0.2) is 32.1 Å². The summed E-state index contributed by atoms with van der Waals surface area (Å²) >= 11 is 0. The lowest BCUT2D eigenvalue weighted by Gasteiger charge is -2.41. The van der Waals surface area contributed by atoms with Crippen LogP contribution in [0.4, 0.5) is 0 Å². The number of hydrogen-bond donors (Lipinski definition) is 0. The van der Waals surface area contributed by atoms with Gasteiger partial charge in [0.25, 0.3) is 0 Å². The second-order valence-corrected chi connectivity index (χ2v) is 6.93. The molecule has 2 unspecified atom stereocenters. The van der Waals surface area contributed by atoms with E-state index in [1.807, 2.05) is 0 Å². The quantitative estimate of drug-likeness (QED) is 0.610. The van der Waals surface area contributed by atoms with Crippen LogP contribution < -0.4 is 0 Å². The summed E-state index contributed by atoms with van der Waals surface area (Å²) in [6.45, 7) is 6.26. The molecule has 0 aliphatic rings. The summed E-state index contributed by atoms with van der Waals surface area (Å²) in [5, 5.41) is 0. The number of halogens is 1. The van der Waals surface area contributed by atoms with Gasteiger partial charge in [-0.3, -0.25) is 0 Å². The third kappa shape index (κ3) is 5.85. The number of benzene rings is 2. The van der Waals surface area contributed by atoms with E-state index in [0.717, 1.165) is 26.0 Å². The molecule has 0 heterocycles. The predicted molar refractivity (Wildman–Crippen MR) is 109 cm³/mol. The number of hydrogen-bond acceptors (Lipinski definition) is 2. The molecule has 0 fully saturated rings. The standard InChI is InChI=1S/C22H31NO.ClH/c1-5-16-24-22(19(2)18-23(3)4,21-14-10-7-11-15-21)17-20-12-8-6-9-13-20;/h6-15,19H,5,16-18H2,1-4H3;1H. The molecule has 0 aromatic heterocycles. The molecule has 0 bridgehead atoms.